The average molecular weight is 344 g/mol. The molecule has 0 atom stereocenters. The maximum atomic E-state index is 12.6. The van der Waals surface area contributed by atoms with Crippen molar-refractivity contribution in [3.8, 4) is 11.5 Å². The second-order valence-corrected chi connectivity index (χ2v) is 6.11. The van der Waals surface area contributed by atoms with Crippen molar-refractivity contribution in [1.82, 2.24) is 9.80 Å². The smallest absolute Gasteiger partial charge is 0.322 e. The molecule has 1 aromatic rings. The molecule has 1 aromatic carbocycles. The number of nitrogens with one attached hydrogen (secondary N) is 1. The van der Waals surface area contributed by atoms with E-state index in [9.17, 15) is 4.79 Å². The Morgan fingerprint density at radius 2 is 1.78 bits per heavy atom. The Balaban J connectivity index is 2.97. The van der Waals surface area contributed by atoms with E-state index in [1.807, 2.05) is 32.8 Å². The molecule has 0 aromatic heterocycles. The molecule has 1 N–H and O–H groups in total. The summed E-state index contributed by atoms with van der Waals surface area (Å²) in [6.45, 7) is 5.38. The standard InChI is InChI=1S/C16H26ClN3O3/c1-11(2)20(8-7-19(3)4)16(21)18-13-10-14(22-5)12(17)9-15(13)23-6/h9-11H,7-8H2,1-6H3,(H,18,21). The lowest BCUT2D eigenvalue weighted by Crippen LogP contribution is -2.43. The second-order valence-electron chi connectivity index (χ2n) is 5.71. The minimum Gasteiger partial charge on any atom is -0.495 e. The molecular weight excluding hydrogens is 318 g/mol. The first kappa shape index (κ1) is 19.4. The molecule has 23 heavy (non-hydrogen) atoms. The van der Waals surface area contributed by atoms with Crippen LogP contribution in [0.4, 0.5) is 10.5 Å². The van der Waals surface area contributed by atoms with Crippen LogP contribution in [0.25, 0.3) is 0 Å². The number of urea groups is 1. The van der Waals surface area contributed by atoms with Crippen molar-refractivity contribution < 1.29 is 14.3 Å². The first-order valence-electron chi connectivity index (χ1n) is 7.44. The van der Waals surface area contributed by atoms with Crippen LogP contribution in [0.15, 0.2) is 12.1 Å². The van der Waals surface area contributed by atoms with Crippen LogP contribution in [0.1, 0.15) is 13.8 Å². The maximum absolute atomic E-state index is 12.6. The van der Waals surface area contributed by atoms with Crippen molar-refractivity contribution in [3.05, 3.63) is 17.2 Å². The van der Waals surface area contributed by atoms with Crippen molar-refractivity contribution in [1.29, 1.82) is 0 Å². The number of benzene rings is 1. The number of ether oxygens (including phenoxy) is 2. The molecule has 0 aliphatic heterocycles. The molecule has 130 valence electrons. The number of hydrogen-bond donors (Lipinski definition) is 1. The summed E-state index contributed by atoms with van der Waals surface area (Å²) in [5.74, 6) is 0.965. The SMILES string of the molecule is COc1cc(NC(=O)N(CCN(C)C)C(C)C)c(OC)cc1Cl. The molecule has 0 fully saturated rings. The van der Waals surface area contributed by atoms with E-state index in [1.165, 1.54) is 14.2 Å². The van der Waals surface area contributed by atoms with Gasteiger partial charge in [0.2, 0.25) is 0 Å². The highest BCUT2D eigenvalue weighted by Crippen LogP contribution is 2.36. The second kappa shape index (κ2) is 8.84. The van der Waals surface area contributed by atoms with Gasteiger partial charge in [-0.3, -0.25) is 0 Å². The van der Waals surface area contributed by atoms with Crippen LogP contribution < -0.4 is 14.8 Å². The van der Waals surface area contributed by atoms with E-state index >= 15 is 0 Å². The minimum atomic E-state index is -0.190. The van der Waals surface area contributed by atoms with Gasteiger partial charge in [0.1, 0.15) is 11.5 Å². The van der Waals surface area contributed by atoms with Gasteiger partial charge in [-0.05, 0) is 27.9 Å². The molecule has 0 saturated carbocycles. The normalized spacial score (nSPS) is 10.8. The van der Waals surface area contributed by atoms with Gasteiger partial charge < -0.3 is 24.6 Å². The predicted molar refractivity (Wildman–Crippen MR) is 94.0 cm³/mol. The van der Waals surface area contributed by atoms with Crippen molar-refractivity contribution in [3.63, 3.8) is 0 Å². The zero-order valence-electron chi connectivity index (χ0n) is 14.6. The summed E-state index contributed by atoms with van der Waals surface area (Å²) in [4.78, 5) is 16.4. The summed E-state index contributed by atoms with van der Waals surface area (Å²) in [6, 6.07) is 3.17. The van der Waals surface area contributed by atoms with Gasteiger partial charge in [-0.1, -0.05) is 11.6 Å². The molecule has 0 saturated heterocycles. The molecule has 7 heteroatoms. The predicted octanol–water partition coefficient (Wildman–Crippen LogP) is 3.16. The fraction of sp³-hybridized carbons (Fsp3) is 0.562. The molecule has 1 rings (SSSR count). The van der Waals surface area contributed by atoms with Crippen molar-refractivity contribution in [2.75, 3.05) is 46.7 Å². The van der Waals surface area contributed by atoms with E-state index in [-0.39, 0.29) is 12.1 Å². The number of carbonyl (C=O) groups is 1. The highest BCUT2D eigenvalue weighted by molar-refractivity contribution is 6.32. The van der Waals surface area contributed by atoms with Gasteiger partial charge in [-0.25, -0.2) is 4.79 Å². The van der Waals surface area contributed by atoms with E-state index in [2.05, 4.69) is 5.32 Å². The molecule has 0 radical (unpaired) electrons. The molecular formula is C16H26ClN3O3. The van der Waals surface area contributed by atoms with Crippen LogP contribution in [0, 0.1) is 0 Å². The van der Waals surface area contributed by atoms with Crippen LogP contribution >= 0.6 is 11.6 Å². The molecule has 0 aliphatic carbocycles. The van der Waals surface area contributed by atoms with Crippen LogP contribution in [-0.4, -0.2) is 63.3 Å². The third-order valence-electron chi connectivity index (χ3n) is 3.39. The van der Waals surface area contributed by atoms with Gasteiger partial charge in [-0.2, -0.15) is 0 Å². The Bertz CT molecular complexity index is 536. The molecule has 0 heterocycles. The third-order valence-corrected chi connectivity index (χ3v) is 3.68. The Hall–Kier alpha value is -1.66. The van der Waals surface area contributed by atoms with Gasteiger partial charge in [0, 0.05) is 31.3 Å². The number of rotatable bonds is 7. The van der Waals surface area contributed by atoms with Gasteiger partial charge in [0.15, 0.2) is 0 Å². The average Bonchev–Trinajstić information content (AvgIpc) is 2.47. The van der Waals surface area contributed by atoms with E-state index in [0.29, 0.717) is 28.8 Å². The Labute approximate surface area is 143 Å². The molecule has 0 unspecified atom stereocenters. The first-order valence-corrected chi connectivity index (χ1v) is 7.81. The van der Waals surface area contributed by atoms with Crippen LogP contribution in [0.2, 0.25) is 5.02 Å². The third kappa shape index (κ3) is 5.48. The number of carbonyl (C=O) groups excluding carboxylic acids is 1. The molecule has 0 spiro atoms. The summed E-state index contributed by atoms with van der Waals surface area (Å²) in [6.07, 6.45) is 0. The van der Waals surface area contributed by atoms with E-state index in [4.69, 9.17) is 21.1 Å². The Morgan fingerprint density at radius 3 is 2.26 bits per heavy atom. The first-order chi connectivity index (χ1) is 10.8. The number of methoxy groups -OCH3 is 2. The number of halogens is 1. The molecule has 0 bridgehead atoms. The number of likely N-dealkylation sites (N-methyl/N-ethyl adjacent to an activating group) is 1. The number of hydrogen-bond acceptors (Lipinski definition) is 4. The lowest BCUT2D eigenvalue weighted by atomic mass is 10.2. The molecule has 0 aliphatic rings. The van der Waals surface area contributed by atoms with E-state index < -0.39 is 0 Å². The highest BCUT2D eigenvalue weighted by atomic mass is 35.5. The van der Waals surface area contributed by atoms with Crippen molar-refractivity contribution in [2.24, 2.45) is 0 Å². The van der Waals surface area contributed by atoms with Gasteiger partial charge in [0.25, 0.3) is 0 Å². The Morgan fingerprint density at radius 1 is 1.17 bits per heavy atom. The summed E-state index contributed by atoms with van der Waals surface area (Å²) in [5.41, 5.74) is 0.522. The van der Waals surface area contributed by atoms with Gasteiger partial charge in [-0.15, -0.1) is 0 Å². The number of amides is 2. The Kier molecular flexibility index (Phi) is 7.45. The lowest BCUT2D eigenvalue weighted by molar-refractivity contribution is 0.189. The zero-order chi connectivity index (χ0) is 17.6. The van der Waals surface area contributed by atoms with Crippen molar-refractivity contribution >= 4 is 23.3 Å². The van der Waals surface area contributed by atoms with Gasteiger partial charge in [0.05, 0.1) is 24.9 Å². The maximum Gasteiger partial charge on any atom is 0.322 e. The summed E-state index contributed by atoms with van der Waals surface area (Å²) >= 11 is 6.08. The zero-order valence-corrected chi connectivity index (χ0v) is 15.4. The van der Waals surface area contributed by atoms with Crippen LogP contribution in [-0.2, 0) is 0 Å². The molecule has 2 amide bonds. The van der Waals surface area contributed by atoms with E-state index in [1.54, 1.807) is 17.0 Å². The largest absolute Gasteiger partial charge is 0.495 e. The number of nitrogens with zero attached hydrogens (tertiary/aromatic N) is 2. The topological polar surface area (TPSA) is 54.0 Å². The summed E-state index contributed by atoms with van der Waals surface area (Å²) < 4.78 is 10.5. The minimum absolute atomic E-state index is 0.0788. The fourth-order valence-electron chi connectivity index (χ4n) is 2.05. The molecule has 6 nitrogen and oxygen atoms in total. The van der Waals surface area contributed by atoms with Crippen LogP contribution in [0.3, 0.4) is 0 Å². The van der Waals surface area contributed by atoms with Crippen LogP contribution in [0.5, 0.6) is 11.5 Å². The number of anilines is 1. The summed E-state index contributed by atoms with van der Waals surface area (Å²) in [5, 5.41) is 3.30. The van der Waals surface area contributed by atoms with Gasteiger partial charge >= 0.3 is 6.03 Å². The lowest BCUT2D eigenvalue weighted by Gasteiger charge is -2.28. The quantitative estimate of drug-likeness (QED) is 0.826. The monoisotopic (exact) mass is 343 g/mol. The van der Waals surface area contributed by atoms with Crippen molar-refractivity contribution in [2.45, 2.75) is 19.9 Å². The summed E-state index contributed by atoms with van der Waals surface area (Å²) in [7, 11) is 7.00. The van der Waals surface area contributed by atoms with E-state index in [0.717, 1.165) is 6.54 Å². The fourth-order valence-corrected chi connectivity index (χ4v) is 2.28. The highest BCUT2D eigenvalue weighted by Gasteiger charge is 2.19.